The highest BCUT2D eigenvalue weighted by Gasteiger charge is 2.10. The summed E-state index contributed by atoms with van der Waals surface area (Å²) in [6, 6.07) is 8.39. The lowest BCUT2D eigenvalue weighted by Crippen LogP contribution is -2.29. The first-order valence-corrected chi connectivity index (χ1v) is 9.87. The highest BCUT2D eigenvalue weighted by Crippen LogP contribution is 2.21. The largest absolute Gasteiger partial charge is 0.466 e. The van der Waals surface area contributed by atoms with Gasteiger partial charge in [0.05, 0.1) is 11.9 Å². The molecule has 146 valence electrons. The van der Waals surface area contributed by atoms with Crippen LogP contribution in [0.1, 0.15) is 19.4 Å². The van der Waals surface area contributed by atoms with Crippen LogP contribution in [0.3, 0.4) is 0 Å². The molecule has 1 N–H and O–H groups in total. The molecule has 0 aliphatic heterocycles. The van der Waals surface area contributed by atoms with Crippen LogP contribution in [0.4, 0.5) is 0 Å². The van der Waals surface area contributed by atoms with E-state index in [9.17, 15) is 4.79 Å². The highest BCUT2D eigenvalue weighted by molar-refractivity contribution is 7.07. The van der Waals surface area contributed by atoms with E-state index in [1.165, 1.54) is 35.5 Å². The second-order valence-corrected chi connectivity index (χ2v) is 7.59. The second-order valence-electron chi connectivity index (χ2n) is 6.75. The summed E-state index contributed by atoms with van der Waals surface area (Å²) in [6.07, 6.45) is 4.50. The van der Waals surface area contributed by atoms with E-state index in [1.807, 2.05) is 0 Å². The van der Waals surface area contributed by atoms with Crippen LogP contribution in [0.2, 0.25) is 0 Å². The zero-order valence-corrected chi connectivity index (χ0v) is 16.9. The minimum Gasteiger partial charge on any atom is -0.466 e. The van der Waals surface area contributed by atoms with E-state index in [4.69, 9.17) is 4.74 Å². The first kappa shape index (κ1) is 19.8. The van der Waals surface area contributed by atoms with Crippen LogP contribution in [-0.4, -0.2) is 27.0 Å². The highest BCUT2D eigenvalue weighted by atomic mass is 32.1. The van der Waals surface area contributed by atoms with Gasteiger partial charge in [0.15, 0.2) is 6.61 Å². The first-order chi connectivity index (χ1) is 13.5. The molecule has 3 rings (SSSR count). The monoisotopic (exact) mass is 397 g/mol. The van der Waals surface area contributed by atoms with Gasteiger partial charge in [0, 0.05) is 24.3 Å². The van der Waals surface area contributed by atoms with Gasteiger partial charge in [0.1, 0.15) is 0 Å². The van der Waals surface area contributed by atoms with Crippen molar-refractivity contribution in [3.05, 3.63) is 58.6 Å². The van der Waals surface area contributed by atoms with Crippen LogP contribution in [0.25, 0.3) is 11.3 Å². The summed E-state index contributed by atoms with van der Waals surface area (Å²) in [4.78, 5) is 20.6. The lowest BCUT2D eigenvalue weighted by atomic mass is 10.1. The molecule has 1 aromatic carbocycles. The molecule has 28 heavy (non-hydrogen) atoms. The van der Waals surface area contributed by atoms with Crippen molar-refractivity contribution in [2.45, 2.75) is 27.3 Å². The molecule has 0 aliphatic rings. The number of amides is 1. The molecule has 7 nitrogen and oxygen atoms in total. The Bertz CT molecular complexity index is 978. The number of aryl methyl sites for hydroxylation is 1. The Labute approximate surface area is 167 Å². The van der Waals surface area contributed by atoms with Crippen LogP contribution in [-0.2, 0) is 11.3 Å². The van der Waals surface area contributed by atoms with E-state index in [0.717, 1.165) is 22.6 Å². The molecular formula is C20H23N5O2S. The van der Waals surface area contributed by atoms with Gasteiger partial charge < -0.3 is 9.30 Å². The van der Waals surface area contributed by atoms with Crippen LogP contribution in [0.15, 0.2) is 53.3 Å². The summed E-state index contributed by atoms with van der Waals surface area (Å²) >= 11 is 1.49. The minimum atomic E-state index is -0.355. The summed E-state index contributed by atoms with van der Waals surface area (Å²) in [5.41, 5.74) is 5.99. The number of nitrogens with zero attached hydrogens (tertiary/aromatic N) is 4. The average molecular weight is 398 g/mol. The van der Waals surface area contributed by atoms with Gasteiger partial charge in [-0.05, 0) is 18.4 Å². The Morgan fingerprint density at radius 1 is 1.29 bits per heavy atom. The summed E-state index contributed by atoms with van der Waals surface area (Å²) < 4.78 is 7.42. The Morgan fingerprint density at radius 2 is 2.07 bits per heavy atom. The van der Waals surface area contributed by atoms with Crippen LogP contribution < -0.4 is 15.0 Å². The molecule has 0 saturated carbocycles. The maximum Gasteiger partial charge on any atom is 0.278 e. The summed E-state index contributed by atoms with van der Waals surface area (Å²) in [6.45, 7) is 7.00. The van der Waals surface area contributed by atoms with E-state index in [1.54, 1.807) is 0 Å². The van der Waals surface area contributed by atoms with Crippen LogP contribution >= 0.6 is 11.3 Å². The van der Waals surface area contributed by atoms with Gasteiger partial charge in [-0.3, -0.25) is 9.78 Å². The first-order valence-electron chi connectivity index (χ1n) is 8.99. The molecule has 0 atom stereocenters. The fourth-order valence-electron chi connectivity index (χ4n) is 2.56. The van der Waals surface area contributed by atoms with Crippen molar-refractivity contribution < 1.29 is 9.53 Å². The molecule has 0 bridgehead atoms. The smallest absolute Gasteiger partial charge is 0.278 e. The molecule has 0 unspecified atom stereocenters. The third-order valence-corrected chi connectivity index (χ3v) is 4.72. The lowest BCUT2D eigenvalue weighted by molar-refractivity contribution is -0.123. The van der Waals surface area contributed by atoms with E-state index >= 15 is 0 Å². The number of hydrogen-bond donors (Lipinski definition) is 1. The Balaban J connectivity index is 1.76. The summed E-state index contributed by atoms with van der Waals surface area (Å²) in [7, 11) is 0. The number of rotatable bonds is 7. The van der Waals surface area contributed by atoms with Crippen LogP contribution in [0.5, 0.6) is 5.88 Å². The number of nitrogens with one attached hydrogen (secondary N) is 1. The molecule has 2 aromatic heterocycles. The van der Waals surface area contributed by atoms with Gasteiger partial charge in [0.25, 0.3) is 5.91 Å². The number of benzene rings is 1. The van der Waals surface area contributed by atoms with E-state index in [2.05, 4.69) is 75.5 Å². The summed E-state index contributed by atoms with van der Waals surface area (Å²) in [5.74, 6) is 0.380. The predicted molar refractivity (Wildman–Crippen MR) is 109 cm³/mol. The van der Waals surface area contributed by atoms with Crippen molar-refractivity contribution in [2.75, 3.05) is 6.61 Å². The van der Waals surface area contributed by atoms with Crippen molar-refractivity contribution in [3.8, 4) is 17.1 Å². The topological polar surface area (TPSA) is 81.4 Å². The van der Waals surface area contributed by atoms with Gasteiger partial charge >= 0.3 is 0 Å². The maximum atomic E-state index is 12.1. The molecule has 0 spiro atoms. The van der Waals surface area contributed by atoms with E-state index in [-0.39, 0.29) is 12.5 Å². The SMILES string of the molecule is Cc1ccc(-c2cs/c(=N\NC(=O)COc3cnccn3)n2CC(C)C)cc1. The Kier molecular flexibility index (Phi) is 6.54. The van der Waals surface area contributed by atoms with Crippen molar-refractivity contribution in [2.24, 2.45) is 11.0 Å². The molecule has 0 fully saturated rings. The molecule has 3 aromatic rings. The second kappa shape index (κ2) is 9.27. The van der Waals surface area contributed by atoms with Gasteiger partial charge in [-0.1, -0.05) is 43.7 Å². The zero-order chi connectivity index (χ0) is 19.9. The molecule has 2 heterocycles. The van der Waals surface area contributed by atoms with Gasteiger partial charge in [-0.2, -0.15) is 0 Å². The van der Waals surface area contributed by atoms with Gasteiger partial charge in [0.2, 0.25) is 10.7 Å². The van der Waals surface area contributed by atoms with E-state index < -0.39 is 0 Å². The van der Waals surface area contributed by atoms with E-state index in [0.29, 0.717) is 11.8 Å². The number of hydrogen-bond acceptors (Lipinski definition) is 6. The van der Waals surface area contributed by atoms with Gasteiger partial charge in [-0.15, -0.1) is 16.4 Å². The van der Waals surface area contributed by atoms with Crippen molar-refractivity contribution >= 4 is 17.2 Å². The fourth-order valence-corrected chi connectivity index (χ4v) is 3.44. The number of aromatic nitrogens is 3. The predicted octanol–water partition coefficient (Wildman–Crippen LogP) is 2.98. The number of carbonyl (C=O) groups is 1. The van der Waals surface area contributed by atoms with Crippen molar-refractivity contribution in [1.29, 1.82) is 0 Å². The number of thiazole rings is 1. The summed E-state index contributed by atoms with van der Waals surface area (Å²) in [5, 5.41) is 6.36. The van der Waals surface area contributed by atoms with Crippen molar-refractivity contribution in [3.63, 3.8) is 0 Å². The molecule has 0 aliphatic carbocycles. The third-order valence-electron chi connectivity index (χ3n) is 3.86. The molecule has 0 saturated heterocycles. The molecule has 0 radical (unpaired) electrons. The standard InChI is InChI=1S/C20H23N5O2S/c1-14(2)11-25-17(16-6-4-15(3)5-7-16)13-28-20(25)24-23-18(26)12-27-19-10-21-8-9-22-19/h4-10,13-14H,11-12H2,1-3H3,(H,23,26)/b24-20-. The Hall–Kier alpha value is -3.00. The quantitative estimate of drug-likeness (QED) is 0.622. The zero-order valence-electron chi connectivity index (χ0n) is 16.1. The average Bonchev–Trinajstić information content (AvgIpc) is 3.08. The van der Waals surface area contributed by atoms with Crippen LogP contribution in [0, 0.1) is 12.8 Å². The number of ether oxygens (including phenoxy) is 1. The lowest BCUT2D eigenvalue weighted by Gasteiger charge is -2.12. The molecule has 1 amide bonds. The fraction of sp³-hybridized carbons (Fsp3) is 0.300. The molecular weight excluding hydrogens is 374 g/mol. The normalized spacial score (nSPS) is 11.6. The minimum absolute atomic E-state index is 0.178. The third kappa shape index (κ3) is 5.26. The maximum absolute atomic E-state index is 12.1. The Morgan fingerprint density at radius 3 is 2.75 bits per heavy atom. The van der Waals surface area contributed by atoms with Gasteiger partial charge in [-0.25, -0.2) is 10.4 Å². The molecule has 8 heteroatoms. The number of carbonyl (C=O) groups excluding carboxylic acids is 1. The van der Waals surface area contributed by atoms with Crippen molar-refractivity contribution in [1.82, 2.24) is 20.0 Å².